The van der Waals surface area contributed by atoms with E-state index in [2.05, 4.69) is 5.32 Å². The number of rotatable bonds is 3. The van der Waals surface area contributed by atoms with Gasteiger partial charge in [-0.1, -0.05) is 24.3 Å². The molecule has 4 heteroatoms. The number of benzene rings is 2. The van der Waals surface area contributed by atoms with E-state index in [9.17, 15) is 9.90 Å². The van der Waals surface area contributed by atoms with Crippen LogP contribution in [0.15, 0.2) is 36.4 Å². The monoisotopic (exact) mass is 258 g/mol. The predicted octanol–water partition coefficient (Wildman–Crippen LogP) is 1.92. The number of nitrogens with two attached hydrogens (primary N) is 1. The molecule has 19 heavy (non-hydrogen) atoms. The first-order valence-corrected chi connectivity index (χ1v) is 6.14. The lowest BCUT2D eigenvalue weighted by atomic mass is 10.0. The van der Waals surface area contributed by atoms with Gasteiger partial charge in [-0.05, 0) is 36.8 Å². The number of carbonyl (C=O) groups excluding carboxylic acids is 1. The van der Waals surface area contributed by atoms with Crippen molar-refractivity contribution in [1.29, 1.82) is 0 Å². The van der Waals surface area contributed by atoms with Gasteiger partial charge in [0.25, 0.3) is 5.91 Å². The molecule has 0 aliphatic rings. The van der Waals surface area contributed by atoms with E-state index >= 15 is 0 Å². The Morgan fingerprint density at radius 2 is 1.84 bits per heavy atom. The van der Waals surface area contributed by atoms with Crippen LogP contribution in [0.4, 0.5) is 5.69 Å². The molecule has 0 unspecified atom stereocenters. The average Bonchev–Trinajstić information content (AvgIpc) is 2.37. The summed E-state index contributed by atoms with van der Waals surface area (Å²) < 4.78 is 0. The number of amides is 1. The van der Waals surface area contributed by atoms with Crippen LogP contribution in [0.2, 0.25) is 0 Å². The maximum absolute atomic E-state index is 12.2. The molecule has 4 nitrogen and oxygen atoms in total. The number of hydrogen-bond acceptors (Lipinski definition) is 3. The molecule has 0 spiro atoms. The lowest BCUT2D eigenvalue weighted by molar-refractivity contribution is 0.0870. The lowest BCUT2D eigenvalue weighted by Gasteiger charge is -2.24. The molecule has 0 saturated heterocycles. The van der Waals surface area contributed by atoms with Gasteiger partial charge in [0, 0.05) is 5.69 Å². The minimum absolute atomic E-state index is 0.133. The number of hydrogen-bond donors (Lipinski definition) is 3. The van der Waals surface area contributed by atoms with Gasteiger partial charge in [-0.3, -0.25) is 4.79 Å². The SMILES string of the molecule is CC(C)(CO)NC(=O)c1cc2ccccc2cc1N. The molecule has 2 aromatic rings. The van der Waals surface area contributed by atoms with Gasteiger partial charge in [-0.15, -0.1) is 0 Å². The van der Waals surface area contributed by atoms with E-state index in [4.69, 9.17) is 5.73 Å². The summed E-state index contributed by atoms with van der Waals surface area (Å²) in [5.74, 6) is -0.276. The lowest BCUT2D eigenvalue weighted by Crippen LogP contribution is -2.46. The number of nitrogens with one attached hydrogen (secondary N) is 1. The first-order valence-electron chi connectivity index (χ1n) is 6.14. The highest BCUT2D eigenvalue weighted by molar-refractivity contribution is 6.04. The molecule has 4 N–H and O–H groups in total. The Labute approximate surface area is 112 Å². The Balaban J connectivity index is 2.39. The molecule has 0 aromatic heterocycles. The van der Waals surface area contributed by atoms with Crippen LogP contribution in [0.5, 0.6) is 0 Å². The van der Waals surface area contributed by atoms with E-state index in [0.29, 0.717) is 11.3 Å². The molecule has 0 aliphatic heterocycles. The van der Waals surface area contributed by atoms with Crippen LogP contribution in [0.1, 0.15) is 24.2 Å². The Morgan fingerprint density at radius 3 is 2.42 bits per heavy atom. The van der Waals surface area contributed by atoms with Crippen molar-refractivity contribution in [3.8, 4) is 0 Å². The quantitative estimate of drug-likeness (QED) is 0.736. The second-order valence-corrected chi connectivity index (χ2v) is 5.28. The van der Waals surface area contributed by atoms with Crippen molar-refractivity contribution < 1.29 is 9.90 Å². The minimum atomic E-state index is -0.671. The van der Waals surface area contributed by atoms with Crippen molar-refractivity contribution >= 4 is 22.4 Å². The standard InChI is InChI=1S/C15H18N2O2/c1-15(2,9-18)17-14(19)12-7-10-5-3-4-6-11(10)8-13(12)16/h3-8,18H,9,16H2,1-2H3,(H,17,19). The fraction of sp³-hybridized carbons (Fsp3) is 0.267. The van der Waals surface area contributed by atoms with E-state index < -0.39 is 5.54 Å². The van der Waals surface area contributed by atoms with Gasteiger partial charge in [0.05, 0.1) is 17.7 Å². The first-order chi connectivity index (χ1) is 8.93. The highest BCUT2D eigenvalue weighted by Gasteiger charge is 2.21. The normalized spacial score (nSPS) is 11.5. The van der Waals surface area contributed by atoms with Gasteiger partial charge in [-0.25, -0.2) is 0 Å². The van der Waals surface area contributed by atoms with Gasteiger partial charge >= 0.3 is 0 Å². The van der Waals surface area contributed by atoms with Crippen molar-refractivity contribution in [2.75, 3.05) is 12.3 Å². The maximum Gasteiger partial charge on any atom is 0.253 e. The van der Waals surface area contributed by atoms with Gasteiger partial charge in [0.2, 0.25) is 0 Å². The van der Waals surface area contributed by atoms with Crippen LogP contribution in [0.3, 0.4) is 0 Å². The molecule has 0 atom stereocenters. The summed E-state index contributed by atoms with van der Waals surface area (Å²) in [5, 5.41) is 13.9. The topological polar surface area (TPSA) is 75.3 Å². The molecule has 0 heterocycles. The molecule has 2 aromatic carbocycles. The van der Waals surface area contributed by atoms with Crippen LogP contribution in [-0.4, -0.2) is 23.2 Å². The zero-order chi connectivity index (χ0) is 14.0. The second kappa shape index (κ2) is 4.90. The zero-order valence-corrected chi connectivity index (χ0v) is 11.1. The van der Waals surface area contributed by atoms with Crippen LogP contribution in [0.25, 0.3) is 10.8 Å². The fourth-order valence-corrected chi connectivity index (χ4v) is 1.87. The fourth-order valence-electron chi connectivity index (χ4n) is 1.87. The van der Waals surface area contributed by atoms with Gasteiger partial charge in [-0.2, -0.15) is 0 Å². The number of fused-ring (bicyclic) bond motifs is 1. The Hall–Kier alpha value is -2.07. The van der Waals surface area contributed by atoms with Gasteiger partial charge in [0.1, 0.15) is 0 Å². The summed E-state index contributed by atoms with van der Waals surface area (Å²) in [6.45, 7) is 3.37. The first kappa shape index (κ1) is 13.4. The Bertz CT molecular complexity index is 621. The van der Waals surface area contributed by atoms with E-state index in [0.717, 1.165) is 10.8 Å². The van der Waals surface area contributed by atoms with Crippen LogP contribution in [-0.2, 0) is 0 Å². The van der Waals surface area contributed by atoms with Crippen molar-refractivity contribution in [3.63, 3.8) is 0 Å². The third-order valence-corrected chi connectivity index (χ3v) is 3.01. The van der Waals surface area contributed by atoms with Gasteiger partial charge < -0.3 is 16.2 Å². The molecule has 2 rings (SSSR count). The highest BCUT2D eigenvalue weighted by Crippen LogP contribution is 2.22. The number of aliphatic hydroxyl groups is 1. The third kappa shape index (κ3) is 2.85. The third-order valence-electron chi connectivity index (χ3n) is 3.01. The van der Waals surface area contributed by atoms with Crippen LogP contribution >= 0.6 is 0 Å². The number of aliphatic hydroxyl groups excluding tert-OH is 1. The molecule has 0 saturated carbocycles. The summed E-state index contributed by atoms with van der Waals surface area (Å²) in [6, 6.07) is 11.3. The predicted molar refractivity (Wildman–Crippen MR) is 77.0 cm³/mol. The summed E-state index contributed by atoms with van der Waals surface area (Å²) in [4.78, 5) is 12.2. The molecule has 0 bridgehead atoms. The van der Waals surface area contributed by atoms with E-state index in [-0.39, 0.29) is 12.5 Å². The molecule has 0 radical (unpaired) electrons. The van der Waals surface area contributed by atoms with E-state index in [1.807, 2.05) is 24.3 Å². The molecular weight excluding hydrogens is 240 g/mol. The van der Waals surface area contributed by atoms with Crippen LogP contribution in [0, 0.1) is 0 Å². The Kier molecular flexibility index (Phi) is 3.44. The number of anilines is 1. The summed E-state index contributed by atoms with van der Waals surface area (Å²) in [7, 11) is 0. The van der Waals surface area contributed by atoms with Crippen molar-refractivity contribution in [2.45, 2.75) is 19.4 Å². The summed E-state index contributed by atoms with van der Waals surface area (Å²) >= 11 is 0. The van der Waals surface area contributed by atoms with Crippen molar-refractivity contribution in [3.05, 3.63) is 42.0 Å². The maximum atomic E-state index is 12.2. The summed E-state index contributed by atoms with van der Waals surface area (Å²) in [5.41, 5.74) is 6.12. The largest absolute Gasteiger partial charge is 0.398 e. The minimum Gasteiger partial charge on any atom is -0.398 e. The van der Waals surface area contributed by atoms with E-state index in [1.54, 1.807) is 26.0 Å². The smallest absolute Gasteiger partial charge is 0.253 e. The molecule has 100 valence electrons. The highest BCUT2D eigenvalue weighted by atomic mass is 16.3. The molecule has 1 amide bonds. The number of carbonyl (C=O) groups is 1. The molecule has 0 fully saturated rings. The van der Waals surface area contributed by atoms with Crippen LogP contribution < -0.4 is 11.1 Å². The second-order valence-electron chi connectivity index (χ2n) is 5.28. The van der Waals surface area contributed by atoms with E-state index in [1.165, 1.54) is 0 Å². The number of nitrogen functional groups attached to an aromatic ring is 1. The Morgan fingerprint density at radius 1 is 1.26 bits per heavy atom. The molecular formula is C15H18N2O2. The van der Waals surface area contributed by atoms with Crippen molar-refractivity contribution in [1.82, 2.24) is 5.32 Å². The summed E-state index contributed by atoms with van der Waals surface area (Å²) in [6.07, 6.45) is 0. The molecule has 0 aliphatic carbocycles. The zero-order valence-electron chi connectivity index (χ0n) is 11.1. The van der Waals surface area contributed by atoms with Gasteiger partial charge in [0.15, 0.2) is 0 Å². The van der Waals surface area contributed by atoms with Crippen molar-refractivity contribution in [2.24, 2.45) is 0 Å². The average molecular weight is 258 g/mol.